The van der Waals surface area contributed by atoms with E-state index < -0.39 is 0 Å². The topological polar surface area (TPSA) is 65.4 Å². The zero-order valence-corrected chi connectivity index (χ0v) is 14.4. The summed E-state index contributed by atoms with van der Waals surface area (Å²) >= 11 is 0. The Bertz CT molecular complexity index is 709. The molecule has 0 spiro atoms. The highest BCUT2D eigenvalue weighted by atomic mass is 16.5. The van der Waals surface area contributed by atoms with E-state index in [1.165, 1.54) is 0 Å². The molecule has 6 nitrogen and oxygen atoms in total. The molecule has 0 aliphatic carbocycles. The van der Waals surface area contributed by atoms with Gasteiger partial charge >= 0.3 is 0 Å². The molecule has 128 valence electrons. The lowest BCUT2D eigenvalue weighted by Crippen LogP contribution is -2.35. The second kappa shape index (κ2) is 8.19. The van der Waals surface area contributed by atoms with Gasteiger partial charge in [0.1, 0.15) is 0 Å². The van der Waals surface area contributed by atoms with Crippen molar-refractivity contribution in [3.63, 3.8) is 0 Å². The normalized spacial score (nSPS) is 12.2. The van der Waals surface area contributed by atoms with E-state index in [4.69, 9.17) is 9.47 Å². The lowest BCUT2D eigenvalue weighted by molar-refractivity contribution is 0.0936. The van der Waals surface area contributed by atoms with Gasteiger partial charge in [0, 0.05) is 36.1 Å². The Kier molecular flexibility index (Phi) is 6.01. The van der Waals surface area contributed by atoms with Gasteiger partial charge in [-0.3, -0.25) is 4.79 Å². The lowest BCUT2D eigenvalue weighted by Gasteiger charge is -2.16. The van der Waals surface area contributed by atoms with Gasteiger partial charge in [-0.15, -0.1) is 0 Å². The van der Waals surface area contributed by atoms with Crippen molar-refractivity contribution in [1.29, 1.82) is 0 Å². The van der Waals surface area contributed by atoms with Crippen molar-refractivity contribution in [2.45, 2.75) is 26.4 Å². The molecule has 1 aromatic heterocycles. The molecule has 1 unspecified atom stereocenters. The van der Waals surface area contributed by atoms with Gasteiger partial charge in [-0.1, -0.05) is 12.2 Å². The van der Waals surface area contributed by atoms with Gasteiger partial charge in [-0.05, 0) is 26.0 Å². The molecule has 1 amide bonds. The first-order valence-corrected chi connectivity index (χ1v) is 7.74. The maximum absolute atomic E-state index is 12.6. The second-order valence-corrected chi connectivity index (χ2v) is 5.43. The number of hydrogen-bond acceptors (Lipinski definition) is 4. The predicted octanol–water partition coefficient (Wildman–Crippen LogP) is 2.75. The quantitative estimate of drug-likeness (QED) is 0.848. The highest BCUT2D eigenvalue weighted by Crippen LogP contribution is 2.33. The van der Waals surface area contributed by atoms with Crippen LogP contribution in [0, 0.1) is 0 Å². The zero-order chi connectivity index (χ0) is 17.5. The van der Waals surface area contributed by atoms with Crippen molar-refractivity contribution in [1.82, 2.24) is 14.9 Å². The molecule has 0 fully saturated rings. The molecule has 2 rings (SSSR count). The average Bonchev–Trinajstić information content (AvgIpc) is 3.06. The van der Waals surface area contributed by atoms with Crippen LogP contribution in [0.3, 0.4) is 0 Å². The second-order valence-electron chi connectivity index (χ2n) is 5.43. The van der Waals surface area contributed by atoms with E-state index in [0.29, 0.717) is 23.6 Å². The van der Waals surface area contributed by atoms with E-state index in [0.717, 1.165) is 5.56 Å². The number of hydrogen-bond donors (Lipinski definition) is 1. The number of nitrogens with zero attached hydrogens (tertiary/aromatic N) is 2. The van der Waals surface area contributed by atoms with Gasteiger partial charge in [0.25, 0.3) is 5.91 Å². The van der Waals surface area contributed by atoms with Crippen LogP contribution in [0.1, 0.15) is 29.8 Å². The first-order valence-electron chi connectivity index (χ1n) is 7.74. The van der Waals surface area contributed by atoms with E-state index in [1.54, 1.807) is 38.9 Å². The third-order valence-electron chi connectivity index (χ3n) is 3.54. The summed E-state index contributed by atoms with van der Waals surface area (Å²) in [5.41, 5.74) is 1.32. The number of amides is 1. The summed E-state index contributed by atoms with van der Waals surface area (Å²) in [5, 5.41) is 2.98. The molecule has 1 atom stereocenters. The number of ether oxygens (including phenoxy) is 2. The van der Waals surface area contributed by atoms with E-state index in [1.807, 2.05) is 36.8 Å². The summed E-state index contributed by atoms with van der Waals surface area (Å²) in [6, 6.07) is 3.44. The molecule has 2 aromatic rings. The molecule has 0 bridgehead atoms. The molecular formula is C18H23N3O3. The van der Waals surface area contributed by atoms with Crippen molar-refractivity contribution in [2.24, 2.45) is 0 Å². The monoisotopic (exact) mass is 329 g/mol. The summed E-state index contributed by atoms with van der Waals surface area (Å²) in [5.74, 6) is 0.980. The summed E-state index contributed by atoms with van der Waals surface area (Å²) in [4.78, 5) is 16.5. The number of carbonyl (C=O) groups is 1. The van der Waals surface area contributed by atoms with Crippen LogP contribution in [-0.2, 0) is 6.54 Å². The van der Waals surface area contributed by atoms with Gasteiger partial charge in [0.05, 0.1) is 20.5 Å². The number of methoxy groups -OCH3 is 2. The predicted molar refractivity (Wildman–Crippen MR) is 93.4 cm³/mol. The first kappa shape index (κ1) is 17.6. The Morgan fingerprint density at radius 3 is 2.75 bits per heavy atom. The SMILES string of the molecule is CC=Cc1cc(C(=O)NC(C)Cn2ccnc2)cc(OC)c1OC. The Labute approximate surface area is 142 Å². The summed E-state index contributed by atoms with van der Waals surface area (Å²) < 4.78 is 12.7. The van der Waals surface area contributed by atoms with Crippen LogP contribution in [0.2, 0.25) is 0 Å². The van der Waals surface area contributed by atoms with E-state index in [9.17, 15) is 4.79 Å². The molecule has 1 N–H and O–H groups in total. The van der Waals surface area contributed by atoms with Crippen molar-refractivity contribution >= 4 is 12.0 Å². The molecule has 6 heteroatoms. The Morgan fingerprint density at radius 1 is 1.38 bits per heavy atom. The van der Waals surface area contributed by atoms with Crippen LogP contribution < -0.4 is 14.8 Å². The number of benzene rings is 1. The van der Waals surface area contributed by atoms with Gasteiger partial charge < -0.3 is 19.4 Å². The molecule has 0 saturated heterocycles. The summed E-state index contributed by atoms with van der Waals surface area (Å²) in [6.07, 6.45) is 9.08. The number of nitrogens with one attached hydrogen (secondary N) is 1. The third kappa shape index (κ3) is 4.16. The van der Waals surface area contributed by atoms with Crippen LogP contribution >= 0.6 is 0 Å². The van der Waals surface area contributed by atoms with Crippen molar-refractivity contribution in [2.75, 3.05) is 14.2 Å². The summed E-state index contributed by atoms with van der Waals surface area (Å²) in [7, 11) is 3.14. The largest absolute Gasteiger partial charge is 0.493 e. The van der Waals surface area contributed by atoms with Crippen molar-refractivity contribution in [3.05, 3.63) is 48.1 Å². The molecule has 0 saturated carbocycles. The number of aromatic nitrogens is 2. The van der Waals surface area contributed by atoms with E-state index in [-0.39, 0.29) is 11.9 Å². The minimum Gasteiger partial charge on any atom is -0.493 e. The number of carbonyl (C=O) groups excluding carboxylic acids is 1. The Hall–Kier alpha value is -2.76. The van der Waals surface area contributed by atoms with Crippen LogP contribution in [-0.4, -0.2) is 35.7 Å². The number of imidazole rings is 1. The van der Waals surface area contributed by atoms with Crippen molar-refractivity contribution < 1.29 is 14.3 Å². The first-order chi connectivity index (χ1) is 11.6. The minimum absolute atomic E-state index is 0.0371. The van der Waals surface area contributed by atoms with E-state index in [2.05, 4.69) is 10.3 Å². The molecule has 0 radical (unpaired) electrons. The molecule has 0 aliphatic rings. The Morgan fingerprint density at radius 2 is 2.17 bits per heavy atom. The third-order valence-corrected chi connectivity index (χ3v) is 3.54. The fourth-order valence-corrected chi connectivity index (χ4v) is 2.49. The van der Waals surface area contributed by atoms with Crippen molar-refractivity contribution in [3.8, 4) is 11.5 Å². The molecular weight excluding hydrogens is 306 g/mol. The highest BCUT2D eigenvalue weighted by molar-refractivity contribution is 5.96. The van der Waals surface area contributed by atoms with E-state index >= 15 is 0 Å². The fraction of sp³-hybridized carbons (Fsp3) is 0.333. The van der Waals surface area contributed by atoms with Crippen LogP contribution in [0.15, 0.2) is 36.9 Å². The maximum atomic E-state index is 12.6. The number of rotatable bonds is 7. The molecule has 24 heavy (non-hydrogen) atoms. The van der Waals surface area contributed by atoms with Gasteiger partial charge in [-0.2, -0.15) is 0 Å². The molecule has 0 aliphatic heterocycles. The smallest absolute Gasteiger partial charge is 0.251 e. The average molecular weight is 329 g/mol. The highest BCUT2D eigenvalue weighted by Gasteiger charge is 2.16. The summed E-state index contributed by atoms with van der Waals surface area (Å²) in [6.45, 7) is 4.51. The van der Waals surface area contributed by atoms with Gasteiger partial charge in [0.2, 0.25) is 0 Å². The van der Waals surface area contributed by atoms with Crippen LogP contribution in [0.5, 0.6) is 11.5 Å². The van der Waals surface area contributed by atoms with Gasteiger partial charge in [0.15, 0.2) is 11.5 Å². The lowest BCUT2D eigenvalue weighted by atomic mass is 10.1. The molecule has 1 aromatic carbocycles. The standard InChI is InChI=1S/C18H23N3O3/c1-5-6-14-9-15(10-16(23-3)17(14)24-4)18(22)20-13(2)11-21-8-7-19-12-21/h5-10,12-13H,11H2,1-4H3,(H,20,22). The number of allylic oxidation sites excluding steroid dienone is 1. The molecule has 1 heterocycles. The van der Waals surface area contributed by atoms with Gasteiger partial charge in [-0.25, -0.2) is 4.98 Å². The minimum atomic E-state index is -0.158. The van der Waals surface area contributed by atoms with Crippen LogP contribution in [0.4, 0.5) is 0 Å². The van der Waals surface area contributed by atoms with Crippen LogP contribution in [0.25, 0.3) is 6.08 Å². The Balaban J connectivity index is 2.20. The fourth-order valence-electron chi connectivity index (χ4n) is 2.49. The maximum Gasteiger partial charge on any atom is 0.251 e. The zero-order valence-electron chi connectivity index (χ0n) is 14.4.